The van der Waals surface area contributed by atoms with Crippen LogP contribution in [0.1, 0.15) is 63.4 Å². The van der Waals surface area contributed by atoms with Gasteiger partial charge in [0.2, 0.25) is 0 Å². The number of H-pyrrole nitrogens is 2. The van der Waals surface area contributed by atoms with E-state index in [1.165, 1.54) is 19.0 Å². The van der Waals surface area contributed by atoms with Gasteiger partial charge in [-0.25, -0.2) is 8.78 Å². The van der Waals surface area contributed by atoms with Crippen LogP contribution in [0.5, 0.6) is 6.01 Å². The molecule has 4 heterocycles. The molecule has 1 saturated heterocycles. The normalized spacial score (nSPS) is 24.9. The Bertz CT molecular complexity index is 1740. The molecule has 1 aromatic carbocycles. The summed E-state index contributed by atoms with van der Waals surface area (Å²) in [5.41, 5.74) is 0.851. The van der Waals surface area contributed by atoms with Crippen molar-refractivity contribution in [2.75, 3.05) is 32.9 Å². The molecule has 3 aliphatic rings. The van der Waals surface area contributed by atoms with Crippen molar-refractivity contribution in [3.8, 4) is 17.3 Å². The topological polar surface area (TPSA) is 118 Å². The van der Waals surface area contributed by atoms with Crippen LogP contribution in [0.3, 0.4) is 0 Å². The first-order valence-corrected chi connectivity index (χ1v) is 16.6. The summed E-state index contributed by atoms with van der Waals surface area (Å²) in [6, 6.07) is 1.69. The fourth-order valence-corrected chi connectivity index (χ4v) is 8.27. The van der Waals surface area contributed by atoms with Gasteiger partial charge in [-0.05, 0) is 94.3 Å². The third kappa shape index (κ3) is 6.06. The van der Waals surface area contributed by atoms with Crippen LogP contribution in [0, 0.1) is 23.1 Å². The van der Waals surface area contributed by atoms with E-state index in [0.717, 1.165) is 45.2 Å². The minimum atomic E-state index is -0.843. The van der Waals surface area contributed by atoms with Crippen molar-refractivity contribution in [3.05, 3.63) is 45.2 Å². The molecule has 0 radical (unpaired) electrons. The number of piperidine rings is 1. The number of nitrogens with one attached hydrogen (secondary N) is 3. The molecule has 12 heteroatoms. The maximum absolute atomic E-state index is 16.4. The second kappa shape index (κ2) is 12.9. The molecule has 2 saturated carbocycles. The molecule has 45 heavy (non-hydrogen) atoms. The van der Waals surface area contributed by atoms with Crippen LogP contribution in [0.25, 0.3) is 33.1 Å². The SMILES string of the molecule is O=c1[nH]c(OC[C@@]23CCCC2C[C@H](F)C3)nc2c(F)c(-c3c(CCOCCCC4CCCNC4)c(Cl)cc4[nH]ncc34)ncc12. The monoisotopic (exact) mass is 640 g/mol. The quantitative estimate of drug-likeness (QED) is 0.165. The first kappa shape index (κ1) is 30.5. The first-order valence-electron chi connectivity index (χ1n) is 16.2. The van der Waals surface area contributed by atoms with Gasteiger partial charge in [0.25, 0.3) is 11.6 Å². The van der Waals surface area contributed by atoms with Crippen molar-refractivity contribution in [2.24, 2.45) is 17.3 Å². The Morgan fingerprint density at radius 3 is 2.93 bits per heavy atom. The zero-order valence-corrected chi connectivity index (χ0v) is 26.0. The van der Waals surface area contributed by atoms with Gasteiger partial charge < -0.3 is 14.8 Å². The minimum absolute atomic E-state index is 0.00806. The lowest BCUT2D eigenvalue weighted by molar-refractivity contribution is 0.110. The Morgan fingerprint density at radius 1 is 1.16 bits per heavy atom. The summed E-state index contributed by atoms with van der Waals surface area (Å²) in [4.78, 5) is 24.4. The van der Waals surface area contributed by atoms with E-state index in [4.69, 9.17) is 21.1 Å². The summed E-state index contributed by atoms with van der Waals surface area (Å²) in [5.74, 6) is 0.201. The van der Waals surface area contributed by atoms with Crippen molar-refractivity contribution >= 4 is 33.4 Å². The molecule has 4 atom stereocenters. The lowest BCUT2D eigenvalue weighted by atomic mass is 9.81. The van der Waals surface area contributed by atoms with E-state index in [1.54, 1.807) is 12.3 Å². The highest BCUT2D eigenvalue weighted by atomic mass is 35.5. The summed E-state index contributed by atoms with van der Waals surface area (Å²) < 4.78 is 42.7. The average Bonchev–Trinajstić information content (AvgIpc) is 3.73. The Labute approximate surface area is 264 Å². The molecular weight excluding hydrogens is 602 g/mol. The number of halogens is 3. The summed E-state index contributed by atoms with van der Waals surface area (Å²) in [6.45, 7) is 3.46. The number of aromatic amines is 2. The molecule has 0 bridgehead atoms. The molecule has 3 N–H and O–H groups in total. The van der Waals surface area contributed by atoms with Crippen LogP contribution in [-0.2, 0) is 11.2 Å². The number of nitrogens with zero attached hydrogens (tertiary/aromatic N) is 3. The highest BCUT2D eigenvalue weighted by Crippen LogP contribution is 2.55. The molecular formula is C33H39ClF2N6O3. The van der Waals surface area contributed by atoms with E-state index in [2.05, 4.69) is 30.5 Å². The second-order valence-electron chi connectivity index (χ2n) is 13.1. The lowest BCUT2D eigenvalue weighted by Gasteiger charge is -2.28. The van der Waals surface area contributed by atoms with Gasteiger partial charge in [0.05, 0.1) is 30.3 Å². The summed E-state index contributed by atoms with van der Waals surface area (Å²) in [7, 11) is 0. The number of ether oxygens (including phenoxy) is 2. The third-order valence-electron chi connectivity index (χ3n) is 10.3. The van der Waals surface area contributed by atoms with Gasteiger partial charge in [-0.2, -0.15) is 10.1 Å². The molecule has 9 nitrogen and oxygen atoms in total. The van der Waals surface area contributed by atoms with Gasteiger partial charge in [0, 0.05) is 34.2 Å². The summed E-state index contributed by atoms with van der Waals surface area (Å²) >= 11 is 6.76. The van der Waals surface area contributed by atoms with E-state index in [-0.39, 0.29) is 40.5 Å². The summed E-state index contributed by atoms with van der Waals surface area (Å²) in [5, 5.41) is 11.6. The molecule has 2 aliphatic carbocycles. The Balaban J connectivity index is 1.14. The van der Waals surface area contributed by atoms with E-state index < -0.39 is 17.5 Å². The number of alkyl halides is 1. The number of hydrogen-bond acceptors (Lipinski definition) is 7. The molecule has 240 valence electrons. The molecule has 3 fully saturated rings. The van der Waals surface area contributed by atoms with Crippen LogP contribution in [-0.4, -0.2) is 64.2 Å². The minimum Gasteiger partial charge on any atom is -0.464 e. The van der Waals surface area contributed by atoms with Crippen molar-refractivity contribution in [1.82, 2.24) is 30.5 Å². The molecule has 4 aromatic rings. The predicted molar refractivity (Wildman–Crippen MR) is 169 cm³/mol. The molecule has 1 aliphatic heterocycles. The zero-order chi connectivity index (χ0) is 31.0. The molecule has 3 aromatic heterocycles. The van der Waals surface area contributed by atoms with Crippen molar-refractivity contribution < 1.29 is 18.3 Å². The van der Waals surface area contributed by atoms with E-state index in [9.17, 15) is 9.18 Å². The summed E-state index contributed by atoms with van der Waals surface area (Å²) in [6.07, 6.45) is 11.0. The number of fused-ring (bicyclic) bond motifs is 3. The van der Waals surface area contributed by atoms with Gasteiger partial charge >= 0.3 is 0 Å². The van der Waals surface area contributed by atoms with Crippen molar-refractivity contribution in [3.63, 3.8) is 0 Å². The highest BCUT2D eigenvalue weighted by Gasteiger charge is 2.51. The van der Waals surface area contributed by atoms with E-state index in [0.29, 0.717) is 65.4 Å². The second-order valence-corrected chi connectivity index (χ2v) is 13.5. The fourth-order valence-electron chi connectivity index (χ4n) is 7.97. The van der Waals surface area contributed by atoms with Crippen LogP contribution < -0.4 is 15.6 Å². The number of hydrogen-bond donors (Lipinski definition) is 3. The van der Waals surface area contributed by atoms with Crippen LogP contribution >= 0.6 is 11.6 Å². The smallest absolute Gasteiger partial charge is 0.297 e. The maximum atomic E-state index is 16.4. The first-order chi connectivity index (χ1) is 21.9. The molecule has 0 amide bonds. The van der Waals surface area contributed by atoms with E-state index in [1.807, 2.05) is 0 Å². The van der Waals surface area contributed by atoms with Gasteiger partial charge in [0.15, 0.2) is 5.82 Å². The Morgan fingerprint density at radius 2 is 2.07 bits per heavy atom. The number of benzene rings is 1. The number of aromatic nitrogens is 5. The maximum Gasteiger partial charge on any atom is 0.297 e. The molecule has 7 rings (SSSR count). The Hall–Kier alpha value is -3.15. The largest absolute Gasteiger partial charge is 0.464 e. The Kier molecular flexibility index (Phi) is 8.76. The van der Waals surface area contributed by atoms with Gasteiger partial charge in [0.1, 0.15) is 17.4 Å². The van der Waals surface area contributed by atoms with Gasteiger partial charge in [-0.3, -0.25) is 19.9 Å². The zero-order valence-electron chi connectivity index (χ0n) is 25.3. The lowest BCUT2D eigenvalue weighted by Crippen LogP contribution is -2.29. The highest BCUT2D eigenvalue weighted by molar-refractivity contribution is 6.33. The standard InChI is InChI=1S/C33H39ClF2N6O3/c34-25-13-26-23(17-39-42-26)27(22(25)7-11-44-10-3-5-19-4-2-9-37-15-19)30-28(36)29-24(16-38-30)31(43)41-32(40-29)45-18-33-8-1-6-20(33)12-21(35)14-33/h13,16-17,19-21,37H,1-12,14-15,18H2,(H,39,42)(H,40,41,43)/t19?,20?,21-,33-/m0/s1. The van der Waals surface area contributed by atoms with E-state index >= 15 is 4.39 Å². The van der Waals surface area contributed by atoms with Crippen molar-refractivity contribution in [1.29, 1.82) is 0 Å². The predicted octanol–water partition coefficient (Wildman–Crippen LogP) is 6.29. The van der Waals surface area contributed by atoms with Gasteiger partial charge in [-0.1, -0.05) is 18.0 Å². The number of pyridine rings is 1. The van der Waals surface area contributed by atoms with Crippen molar-refractivity contribution in [2.45, 2.75) is 70.4 Å². The van der Waals surface area contributed by atoms with Crippen LogP contribution in [0.15, 0.2) is 23.3 Å². The number of rotatable bonds is 11. The van der Waals surface area contributed by atoms with Gasteiger partial charge in [-0.15, -0.1) is 0 Å². The average molecular weight is 641 g/mol. The fraction of sp³-hybridized carbons (Fsp3) is 0.576. The third-order valence-corrected chi connectivity index (χ3v) is 10.6. The molecule has 0 spiro atoms. The van der Waals surface area contributed by atoms with Crippen LogP contribution in [0.2, 0.25) is 5.02 Å². The molecule has 2 unspecified atom stereocenters. The van der Waals surface area contributed by atoms with Crippen LogP contribution in [0.4, 0.5) is 8.78 Å².